The number of anilines is 1. The van der Waals surface area contributed by atoms with Gasteiger partial charge in [-0.1, -0.05) is 6.07 Å². The molecule has 2 aromatic rings. The Morgan fingerprint density at radius 3 is 2.62 bits per heavy atom. The average molecular weight is 286 g/mol. The number of rotatable bonds is 3. The molecule has 3 heterocycles. The van der Waals surface area contributed by atoms with Crippen LogP contribution in [-0.4, -0.2) is 57.6 Å². The Kier molecular flexibility index (Phi) is 2.85. The fourth-order valence-electron chi connectivity index (χ4n) is 3.14. The molecule has 1 N–H and O–H groups in total. The largest absolute Gasteiger partial charge is 0.476 e. The maximum atomic E-state index is 11.6. The molecule has 6 heteroatoms. The van der Waals surface area contributed by atoms with E-state index in [0.29, 0.717) is 11.5 Å². The summed E-state index contributed by atoms with van der Waals surface area (Å²) in [5, 5.41) is 9.54. The van der Waals surface area contributed by atoms with Crippen LogP contribution in [0.2, 0.25) is 0 Å². The number of hydrogen-bond acceptors (Lipinski definition) is 4. The first-order valence-corrected chi connectivity index (χ1v) is 7.43. The topological polar surface area (TPSA) is 61.1 Å². The van der Waals surface area contributed by atoms with Gasteiger partial charge < -0.3 is 10.0 Å². The van der Waals surface area contributed by atoms with Gasteiger partial charge in [0.2, 0.25) is 0 Å². The third-order valence-electron chi connectivity index (χ3n) is 4.39. The van der Waals surface area contributed by atoms with Crippen LogP contribution in [0.3, 0.4) is 0 Å². The zero-order valence-corrected chi connectivity index (χ0v) is 11.8. The second-order valence-electron chi connectivity index (χ2n) is 5.77. The number of imidazole rings is 1. The smallest absolute Gasteiger partial charge is 0.356 e. The lowest BCUT2D eigenvalue weighted by Gasteiger charge is -2.35. The summed E-state index contributed by atoms with van der Waals surface area (Å²) in [7, 11) is 0. The van der Waals surface area contributed by atoms with Crippen LogP contribution in [0.15, 0.2) is 24.4 Å². The Hall–Kier alpha value is -2.08. The minimum Gasteiger partial charge on any atom is -0.476 e. The van der Waals surface area contributed by atoms with E-state index in [0.717, 1.165) is 32.2 Å². The molecule has 1 aliphatic heterocycles. The normalized spacial score (nSPS) is 20.1. The van der Waals surface area contributed by atoms with E-state index < -0.39 is 5.97 Å². The fourth-order valence-corrected chi connectivity index (χ4v) is 3.14. The van der Waals surface area contributed by atoms with E-state index in [1.165, 1.54) is 12.8 Å². The van der Waals surface area contributed by atoms with Gasteiger partial charge in [0.25, 0.3) is 0 Å². The molecule has 6 nitrogen and oxygen atoms in total. The number of aromatic carboxylic acids is 1. The lowest BCUT2D eigenvalue weighted by Crippen LogP contribution is -2.47. The lowest BCUT2D eigenvalue weighted by atomic mass is 10.3. The van der Waals surface area contributed by atoms with Gasteiger partial charge in [0.05, 0.1) is 0 Å². The molecule has 0 amide bonds. The van der Waals surface area contributed by atoms with Crippen molar-refractivity contribution in [1.82, 2.24) is 14.3 Å². The molecule has 4 rings (SSSR count). The molecule has 2 fully saturated rings. The fraction of sp³-hybridized carbons (Fsp3) is 0.467. The number of piperazine rings is 1. The number of carbonyl (C=O) groups is 1. The predicted octanol–water partition coefficient (Wildman–Crippen LogP) is 1.32. The van der Waals surface area contributed by atoms with Crippen molar-refractivity contribution in [1.29, 1.82) is 0 Å². The molecule has 21 heavy (non-hydrogen) atoms. The Labute approximate surface area is 122 Å². The minimum absolute atomic E-state index is 0.269. The molecule has 0 spiro atoms. The van der Waals surface area contributed by atoms with E-state index >= 15 is 0 Å². The van der Waals surface area contributed by atoms with Crippen molar-refractivity contribution >= 4 is 17.4 Å². The number of pyridine rings is 1. The predicted molar refractivity (Wildman–Crippen MR) is 79.0 cm³/mol. The van der Waals surface area contributed by atoms with Gasteiger partial charge in [0.15, 0.2) is 11.5 Å². The standard InChI is InChI=1S/C15H18N4O2/c20-15(21)13-14(16-12-3-1-2-6-19(12)13)18-9-7-17(8-10-18)11-4-5-11/h1-3,6,11H,4-5,7-10H2,(H,20,21). The molecule has 0 unspecified atom stereocenters. The highest BCUT2D eigenvalue weighted by molar-refractivity contribution is 5.93. The number of carboxylic acid groups (broad SMARTS) is 1. The Bertz CT molecular complexity index is 684. The molecule has 2 aliphatic rings. The first-order valence-electron chi connectivity index (χ1n) is 7.43. The van der Waals surface area contributed by atoms with E-state index in [4.69, 9.17) is 0 Å². The maximum Gasteiger partial charge on any atom is 0.356 e. The molecule has 0 radical (unpaired) electrons. The van der Waals surface area contributed by atoms with Crippen LogP contribution >= 0.6 is 0 Å². The Balaban J connectivity index is 1.66. The van der Waals surface area contributed by atoms with Crippen molar-refractivity contribution in [3.05, 3.63) is 30.1 Å². The summed E-state index contributed by atoms with van der Waals surface area (Å²) in [6.45, 7) is 3.69. The van der Waals surface area contributed by atoms with Gasteiger partial charge in [-0.25, -0.2) is 9.78 Å². The van der Waals surface area contributed by atoms with Crippen LogP contribution in [0.25, 0.3) is 5.65 Å². The zero-order chi connectivity index (χ0) is 14.4. The highest BCUT2D eigenvalue weighted by Crippen LogP contribution is 2.29. The van der Waals surface area contributed by atoms with Crippen LogP contribution in [0.5, 0.6) is 0 Å². The van der Waals surface area contributed by atoms with Gasteiger partial charge in [-0.05, 0) is 25.0 Å². The molecular formula is C15H18N4O2. The third kappa shape index (κ3) is 2.15. The van der Waals surface area contributed by atoms with Crippen molar-refractivity contribution in [2.75, 3.05) is 31.1 Å². The summed E-state index contributed by atoms with van der Waals surface area (Å²) in [4.78, 5) is 20.8. The van der Waals surface area contributed by atoms with Crippen molar-refractivity contribution in [3.63, 3.8) is 0 Å². The number of carboxylic acids is 1. The van der Waals surface area contributed by atoms with Gasteiger partial charge >= 0.3 is 5.97 Å². The van der Waals surface area contributed by atoms with E-state index in [-0.39, 0.29) is 5.69 Å². The van der Waals surface area contributed by atoms with Crippen LogP contribution in [-0.2, 0) is 0 Å². The van der Waals surface area contributed by atoms with Crippen LogP contribution < -0.4 is 4.90 Å². The molecular weight excluding hydrogens is 268 g/mol. The van der Waals surface area contributed by atoms with Gasteiger partial charge in [0, 0.05) is 38.4 Å². The first kappa shape index (κ1) is 12.6. The Morgan fingerprint density at radius 2 is 1.95 bits per heavy atom. The molecule has 0 atom stereocenters. The summed E-state index contributed by atoms with van der Waals surface area (Å²) in [5.74, 6) is -0.322. The Morgan fingerprint density at radius 1 is 1.19 bits per heavy atom. The monoisotopic (exact) mass is 286 g/mol. The SMILES string of the molecule is O=C(O)c1c(N2CCN(C3CC3)CC2)nc2ccccn12. The first-order chi connectivity index (χ1) is 10.2. The number of aromatic nitrogens is 2. The van der Waals surface area contributed by atoms with E-state index in [9.17, 15) is 9.90 Å². The quantitative estimate of drug-likeness (QED) is 0.922. The zero-order valence-electron chi connectivity index (χ0n) is 11.8. The number of hydrogen-bond donors (Lipinski definition) is 1. The molecule has 2 aromatic heterocycles. The summed E-state index contributed by atoms with van der Waals surface area (Å²) >= 11 is 0. The number of nitrogens with zero attached hydrogens (tertiary/aromatic N) is 4. The van der Waals surface area contributed by atoms with Crippen molar-refractivity contribution < 1.29 is 9.90 Å². The second kappa shape index (κ2) is 4.73. The maximum absolute atomic E-state index is 11.6. The highest BCUT2D eigenvalue weighted by Gasteiger charge is 2.33. The van der Waals surface area contributed by atoms with Gasteiger partial charge in [-0.2, -0.15) is 0 Å². The van der Waals surface area contributed by atoms with Crippen molar-refractivity contribution in [3.8, 4) is 0 Å². The molecule has 0 bridgehead atoms. The summed E-state index contributed by atoms with van der Waals surface area (Å²) in [6.07, 6.45) is 4.39. The van der Waals surface area contributed by atoms with Crippen LogP contribution in [0.4, 0.5) is 5.82 Å². The van der Waals surface area contributed by atoms with E-state index in [2.05, 4.69) is 14.8 Å². The van der Waals surface area contributed by atoms with E-state index in [1.54, 1.807) is 10.6 Å². The second-order valence-corrected chi connectivity index (χ2v) is 5.77. The van der Waals surface area contributed by atoms with Crippen molar-refractivity contribution in [2.45, 2.75) is 18.9 Å². The minimum atomic E-state index is -0.923. The lowest BCUT2D eigenvalue weighted by molar-refractivity contribution is 0.0690. The molecule has 1 saturated heterocycles. The molecule has 0 aromatic carbocycles. The van der Waals surface area contributed by atoms with Gasteiger partial charge in [-0.3, -0.25) is 9.30 Å². The molecule has 1 aliphatic carbocycles. The third-order valence-corrected chi connectivity index (χ3v) is 4.39. The average Bonchev–Trinajstić information content (AvgIpc) is 3.27. The van der Waals surface area contributed by atoms with Gasteiger partial charge in [-0.15, -0.1) is 0 Å². The highest BCUT2D eigenvalue weighted by atomic mass is 16.4. The number of fused-ring (bicyclic) bond motifs is 1. The summed E-state index contributed by atoms with van der Waals surface area (Å²) < 4.78 is 1.66. The summed E-state index contributed by atoms with van der Waals surface area (Å²) in [6, 6.07) is 6.32. The molecule has 1 saturated carbocycles. The van der Waals surface area contributed by atoms with Crippen LogP contribution in [0.1, 0.15) is 23.3 Å². The summed E-state index contributed by atoms with van der Waals surface area (Å²) in [5.41, 5.74) is 0.958. The van der Waals surface area contributed by atoms with Crippen LogP contribution in [0, 0.1) is 0 Å². The van der Waals surface area contributed by atoms with Gasteiger partial charge in [0.1, 0.15) is 5.65 Å². The molecule has 110 valence electrons. The van der Waals surface area contributed by atoms with E-state index in [1.807, 2.05) is 18.2 Å². The van der Waals surface area contributed by atoms with Crippen molar-refractivity contribution in [2.24, 2.45) is 0 Å².